The van der Waals surface area contributed by atoms with Crippen LogP contribution in [-0.4, -0.2) is 17.2 Å². The second-order valence-corrected chi connectivity index (χ2v) is 6.19. The highest BCUT2D eigenvalue weighted by Crippen LogP contribution is 2.32. The number of hydrazone groups is 1. The van der Waals surface area contributed by atoms with Crippen LogP contribution in [0.5, 0.6) is 5.75 Å². The van der Waals surface area contributed by atoms with Crippen molar-refractivity contribution in [3.8, 4) is 5.75 Å². The molecule has 0 aliphatic carbocycles. The number of phenolic OH excluding ortho intramolecular Hbond substituents is 1. The van der Waals surface area contributed by atoms with Gasteiger partial charge in [-0.1, -0.05) is 17.7 Å². The van der Waals surface area contributed by atoms with Crippen LogP contribution in [0.4, 0.5) is 0 Å². The number of halogens is 3. The zero-order valence-corrected chi connectivity index (χ0v) is 14.4. The molecule has 0 aromatic heterocycles. The third kappa shape index (κ3) is 4.30. The Bertz CT molecular complexity index is 697. The van der Waals surface area contributed by atoms with Crippen molar-refractivity contribution in [3.63, 3.8) is 0 Å². The third-order valence-electron chi connectivity index (χ3n) is 2.51. The molecule has 4 nitrogen and oxygen atoms in total. The van der Waals surface area contributed by atoms with E-state index in [-0.39, 0.29) is 11.7 Å². The summed E-state index contributed by atoms with van der Waals surface area (Å²) in [7, 11) is 0. The molecule has 7 heteroatoms. The molecular weight excluding hydrogens is 423 g/mol. The van der Waals surface area contributed by atoms with E-state index in [1.807, 2.05) is 0 Å². The molecule has 0 fully saturated rings. The molecule has 0 heterocycles. The lowest BCUT2D eigenvalue weighted by molar-refractivity contribution is 0.0955. The number of carbonyl (C=O) groups is 1. The number of aromatic hydroxyl groups is 1. The molecule has 0 atom stereocenters. The van der Waals surface area contributed by atoms with Crippen molar-refractivity contribution >= 4 is 55.6 Å². The highest BCUT2D eigenvalue weighted by atomic mass is 79.9. The van der Waals surface area contributed by atoms with E-state index in [1.165, 1.54) is 6.21 Å². The Balaban J connectivity index is 2.07. The zero-order valence-electron chi connectivity index (χ0n) is 10.5. The minimum absolute atomic E-state index is 0.107. The van der Waals surface area contributed by atoms with Crippen LogP contribution in [0.1, 0.15) is 15.9 Å². The summed E-state index contributed by atoms with van der Waals surface area (Å²) in [6.07, 6.45) is 1.47. The van der Waals surface area contributed by atoms with Gasteiger partial charge in [-0.25, -0.2) is 5.43 Å². The molecule has 0 saturated heterocycles. The second-order valence-electron chi connectivity index (χ2n) is 4.04. The van der Waals surface area contributed by atoms with Crippen molar-refractivity contribution in [1.29, 1.82) is 0 Å². The van der Waals surface area contributed by atoms with E-state index in [4.69, 9.17) is 11.6 Å². The Hall–Kier alpha value is -1.37. The number of nitrogens with zero attached hydrogens (tertiary/aromatic N) is 1. The lowest BCUT2D eigenvalue weighted by Crippen LogP contribution is -2.17. The van der Waals surface area contributed by atoms with Gasteiger partial charge in [0.05, 0.1) is 15.2 Å². The van der Waals surface area contributed by atoms with Gasteiger partial charge >= 0.3 is 0 Å². The minimum Gasteiger partial charge on any atom is -0.506 e. The van der Waals surface area contributed by atoms with Gasteiger partial charge in [0.25, 0.3) is 5.91 Å². The van der Waals surface area contributed by atoms with Crippen molar-refractivity contribution in [2.45, 2.75) is 0 Å². The van der Waals surface area contributed by atoms with Crippen LogP contribution in [-0.2, 0) is 0 Å². The maximum atomic E-state index is 11.8. The summed E-state index contributed by atoms with van der Waals surface area (Å²) in [5.74, 6) is -0.249. The average molecular weight is 432 g/mol. The fraction of sp³-hybridized carbons (Fsp3) is 0. The first-order chi connectivity index (χ1) is 9.97. The molecule has 0 radical (unpaired) electrons. The van der Waals surface area contributed by atoms with Gasteiger partial charge in [-0.15, -0.1) is 0 Å². The second kappa shape index (κ2) is 7.06. The van der Waals surface area contributed by atoms with Crippen molar-refractivity contribution < 1.29 is 9.90 Å². The van der Waals surface area contributed by atoms with Gasteiger partial charge in [-0.3, -0.25) is 4.79 Å². The highest BCUT2D eigenvalue weighted by molar-refractivity contribution is 9.11. The van der Waals surface area contributed by atoms with Gasteiger partial charge < -0.3 is 5.11 Å². The largest absolute Gasteiger partial charge is 0.506 e. The molecular formula is C14H9Br2ClN2O2. The zero-order chi connectivity index (χ0) is 15.4. The smallest absolute Gasteiger partial charge is 0.271 e. The number of benzene rings is 2. The maximum absolute atomic E-state index is 11.8. The number of hydrogen-bond acceptors (Lipinski definition) is 3. The predicted octanol–water partition coefficient (Wildman–Crippen LogP) is 4.33. The van der Waals surface area contributed by atoms with Gasteiger partial charge in [0, 0.05) is 10.6 Å². The van der Waals surface area contributed by atoms with Crippen LogP contribution in [0.2, 0.25) is 5.02 Å². The monoisotopic (exact) mass is 430 g/mol. The maximum Gasteiger partial charge on any atom is 0.271 e. The summed E-state index contributed by atoms with van der Waals surface area (Å²) in [6.45, 7) is 0. The van der Waals surface area contributed by atoms with E-state index >= 15 is 0 Å². The first-order valence-corrected chi connectivity index (χ1v) is 7.71. The quantitative estimate of drug-likeness (QED) is 0.560. The van der Waals surface area contributed by atoms with Gasteiger partial charge in [0.15, 0.2) is 0 Å². The number of nitrogens with one attached hydrogen (secondary N) is 1. The van der Waals surface area contributed by atoms with E-state index in [0.29, 0.717) is 25.1 Å². The van der Waals surface area contributed by atoms with Crippen LogP contribution in [0.3, 0.4) is 0 Å². The van der Waals surface area contributed by atoms with E-state index in [0.717, 1.165) is 0 Å². The molecule has 0 saturated carbocycles. The fourth-order valence-electron chi connectivity index (χ4n) is 1.52. The summed E-state index contributed by atoms with van der Waals surface area (Å²) in [6, 6.07) is 9.93. The molecule has 0 bridgehead atoms. The number of carbonyl (C=O) groups excluding carboxylic acids is 1. The summed E-state index contributed by atoms with van der Waals surface area (Å²) >= 11 is 12.3. The highest BCUT2D eigenvalue weighted by Gasteiger charge is 2.06. The van der Waals surface area contributed by atoms with E-state index in [2.05, 4.69) is 42.4 Å². The molecule has 0 spiro atoms. The van der Waals surface area contributed by atoms with Gasteiger partial charge in [0.2, 0.25) is 0 Å². The number of hydrogen-bond donors (Lipinski definition) is 2. The van der Waals surface area contributed by atoms with E-state index in [9.17, 15) is 9.90 Å². The molecule has 21 heavy (non-hydrogen) atoms. The Kier molecular flexibility index (Phi) is 5.39. The summed E-state index contributed by atoms with van der Waals surface area (Å²) in [4.78, 5) is 11.8. The predicted molar refractivity (Wildman–Crippen MR) is 90.0 cm³/mol. The first kappa shape index (κ1) is 16.0. The Morgan fingerprint density at radius 1 is 1.24 bits per heavy atom. The number of rotatable bonds is 3. The molecule has 0 aliphatic heterocycles. The van der Waals surface area contributed by atoms with Crippen molar-refractivity contribution in [2.24, 2.45) is 5.10 Å². The first-order valence-electron chi connectivity index (χ1n) is 5.74. The van der Waals surface area contributed by atoms with Gasteiger partial charge in [0.1, 0.15) is 5.75 Å². The van der Waals surface area contributed by atoms with Crippen LogP contribution in [0, 0.1) is 0 Å². The van der Waals surface area contributed by atoms with E-state index < -0.39 is 0 Å². The van der Waals surface area contributed by atoms with Crippen LogP contribution < -0.4 is 5.43 Å². The molecule has 0 aliphatic rings. The Labute approximate surface area is 143 Å². The number of phenols is 1. The lowest BCUT2D eigenvalue weighted by Gasteiger charge is -2.02. The van der Waals surface area contributed by atoms with E-state index in [1.54, 1.807) is 36.4 Å². The molecule has 2 aromatic carbocycles. The van der Waals surface area contributed by atoms with Crippen LogP contribution >= 0.6 is 43.5 Å². The minimum atomic E-state index is -0.356. The molecule has 108 valence electrons. The lowest BCUT2D eigenvalue weighted by atomic mass is 10.2. The van der Waals surface area contributed by atoms with Gasteiger partial charge in [-0.2, -0.15) is 5.10 Å². The summed E-state index contributed by atoms with van der Waals surface area (Å²) < 4.78 is 1.05. The third-order valence-corrected chi connectivity index (χ3v) is 3.95. The number of amides is 1. The molecule has 2 rings (SSSR count). The van der Waals surface area contributed by atoms with Crippen molar-refractivity contribution in [2.75, 3.05) is 0 Å². The Morgan fingerprint density at radius 2 is 1.90 bits per heavy atom. The summed E-state index contributed by atoms with van der Waals surface area (Å²) in [5.41, 5.74) is 3.54. The fourth-order valence-corrected chi connectivity index (χ4v) is 2.93. The molecule has 2 N–H and O–H groups in total. The van der Waals surface area contributed by atoms with Crippen LogP contribution in [0.15, 0.2) is 50.4 Å². The summed E-state index contributed by atoms with van der Waals surface area (Å²) in [5, 5.41) is 14.0. The van der Waals surface area contributed by atoms with Gasteiger partial charge in [-0.05, 0) is 67.8 Å². The Morgan fingerprint density at radius 3 is 2.52 bits per heavy atom. The molecule has 1 amide bonds. The van der Waals surface area contributed by atoms with Crippen molar-refractivity contribution in [1.82, 2.24) is 5.43 Å². The normalized spacial score (nSPS) is 10.8. The molecule has 0 unspecified atom stereocenters. The average Bonchev–Trinajstić information content (AvgIpc) is 2.44. The van der Waals surface area contributed by atoms with Crippen LogP contribution in [0.25, 0.3) is 0 Å². The standard InChI is InChI=1S/C14H9Br2ClN2O2/c15-11-4-8(5-12(16)13(11)20)7-18-19-14(21)9-2-1-3-10(17)6-9/h1-7,20H,(H,19,21). The SMILES string of the molecule is O=C(NN=Cc1cc(Br)c(O)c(Br)c1)c1cccc(Cl)c1. The topological polar surface area (TPSA) is 61.7 Å². The van der Waals surface area contributed by atoms with Crippen molar-refractivity contribution in [3.05, 3.63) is 61.5 Å². The molecule has 2 aromatic rings.